The highest BCUT2D eigenvalue weighted by Gasteiger charge is 2.50. The smallest absolute Gasteiger partial charge is 0.206 e. The van der Waals surface area contributed by atoms with Crippen LogP contribution >= 0.6 is 15.9 Å². The molecule has 0 aromatic heterocycles. The predicted molar refractivity (Wildman–Crippen MR) is 45.3 cm³/mol. The van der Waals surface area contributed by atoms with Gasteiger partial charge in [0, 0.05) is 17.2 Å². The highest BCUT2D eigenvalue weighted by atomic mass is 79.9. The first-order valence-corrected chi connectivity index (χ1v) is 5.08. The standard InChI is InChI=1S/C8H13BrF2/c1-7(6-9)4-2-3-5-8(7,10)11/h2-6H2,1H3/t7-/m1/s1. The first kappa shape index (κ1) is 9.43. The molecule has 1 aliphatic rings. The minimum Gasteiger partial charge on any atom is -0.206 e. The van der Waals surface area contributed by atoms with Gasteiger partial charge in [0.25, 0.3) is 5.92 Å². The van der Waals surface area contributed by atoms with E-state index in [-0.39, 0.29) is 6.42 Å². The van der Waals surface area contributed by atoms with Crippen molar-refractivity contribution in [3.8, 4) is 0 Å². The highest BCUT2D eigenvalue weighted by Crippen LogP contribution is 2.48. The van der Waals surface area contributed by atoms with Crippen LogP contribution in [-0.2, 0) is 0 Å². The molecule has 66 valence electrons. The van der Waals surface area contributed by atoms with Gasteiger partial charge in [0.2, 0.25) is 0 Å². The van der Waals surface area contributed by atoms with Gasteiger partial charge < -0.3 is 0 Å². The zero-order valence-electron chi connectivity index (χ0n) is 6.67. The van der Waals surface area contributed by atoms with Crippen LogP contribution in [-0.4, -0.2) is 11.3 Å². The Kier molecular flexibility index (Phi) is 2.57. The fraction of sp³-hybridized carbons (Fsp3) is 1.00. The van der Waals surface area contributed by atoms with E-state index in [2.05, 4.69) is 15.9 Å². The molecule has 0 amide bonds. The van der Waals surface area contributed by atoms with E-state index in [1.54, 1.807) is 6.92 Å². The van der Waals surface area contributed by atoms with E-state index in [1.807, 2.05) is 0 Å². The van der Waals surface area contributed by atoms with Gasteiger partial charge in [-0.3, -0.25) is 0 Å². The first-order chi connectivity index (χ1) is 5.02. The molecule has 0 radical (unpaired) electrons. The first-order valence-electron chi connectivity index (χ1n) is 3.96. The SMILES string of the molecule is C[C@]1(CBr)CCCCC1(F)F. The minimum atomic E-state index is -2.46. The molecule has 1 rings (SSSR count). The summed E-state index contributed by atoms with van der Waals surface area (Å²) in [5.74, 6) is -2.46. The summed E-state index contributed by atoms with van der Waals surface area (Å²) in [5, 5.41) is 0.410. The molecule has 1 aliphatic carbocycles. The lowest BCUT2D eigenvalue weighted by Crippen LogP contribution is -2.42. The van der Waals surface area contributed by atoms with Gasteiger partial charge in [-0.25, -0.2) is 8.78 Å². The fourth-order valence-corrected chi connectivity index (χ4v) is 2.20. The van der Waals surface area contributed by atoms with E-state index in [9.17, 15) is 8.78 Å². The molecule has 0 aliphatic heterocycles. The maximum absolute atomic E-state index is 13.2. The molecule has 0 bridgehead atoms. The molecule has 1 atom stereocenters. The number of alkyl halides is 3. The molecule has 1 fully saturated rings. The topological polar surface area (TPSA) is 0 Å². The van der Waals surface area contributed by atoms with Crippen LogP contribution in [0.5, 0.6) is 0 Å². The van der Waals surface area contributed by atoms with Crippen LogP contribution in [0.15, 0.2) is 0 Å². The van der Waals surface area contributed by atoms with Crippen LogP contribution in [0.3, 0.4) is 0 Å². The lowest BCUT2D eigenvalue weighted by molar-refractivity contribution is -0.129. The molecule has 0 heterocycles. The second-order valence-electron chi connectivity index (χ2n) is 3.61. The molecule has 11 heavy (non-hydrogen) atoms. The maximum atomic E-state index is 13.2. The molecule has 0 aromatic carbocycles. The van der Waals surface area contributed by atoms with E-state index < -0.39 is 11.3 Å². The van der Waals surface area contributed by atoms with Crippen LogP contribution < -0.4 is 0 Å². The lowest BCUT2D eigenvalue weighted by atomic mass is 9.74. The Morgan fingerprint density at radius 1 is 1.27 bits per heavy atom. The van der Waals surface area contributed by atoms with Gasteiger partial charge in [-0.15, -0.1) is 0 Å². The Bertz CT molecular complexity index is 147. The van der Waals surface area contributed by atoms with Crippen molar-refractivity contribution < 1.29 is 8.78 Å². The minimum absolute atomic E-state index is 0.0646. The molecule has 0 aromatic rings. The third kappa shape index (κ3) is 1.58. The molecule has 0 saturated heterocycles. The summed E-state index contributed by atoms with van der Waals surface area (Å²) in [6.07, 6.45) is 2.33. The normalized spacial score (nSPS) is 37.1. The molecule has 0 unspecified atom stereocenters. The lowest BCUT2D eigenvalue weighted by Gasteiger charge is -2.39. The molecule has 1 saturated carbocycles. The Morgan fingerprint density at radius 2 is 1.82 bits per heavy atom. The van der Waals surface area contributed by atoms with Crippen molar-refractivity contribution in [3.63, 3.8) is 0 Å². The number of rotatable bonds is 1. The monoisotopic (exact) mass is 226 g/mol. The van der Waals surface area contributed by atoms with Crippen LogP contribution in [0, 0.1) is 5.41 Å². The largest absolute Gasteiger partial charge is 0.254 e. The third-order valence-corrected chi connectivity index (χ3v) is 3.88. The van der Waals surface area contributed by atoms with Crippen molar-refractivity contribution in [1.82, 2.24) is 0 Å². The number of hydrogen-bond acceptors (Lipinski definition) is 0. The van der Waals surface area contributed by atoms with Crippen molar-refractivity contribution in [2.75, 3.05) is 5.33 Å². The van der Waals surface area contributed by atoms with Crippen LogP contribution in [0.1, 0.15) is 32.6 Å². The average molecular weight is 227 g/mol. The van der Waals surface area contributed by atoms with E-state index in [0.717, 1.165) is 6.42 Å². The van der Waals surface area contributed by atoms with Gasteiger partial charge in [0.1, 0.15) is 0 Å². The molecule has 0 spiro atoms. The van der Waals surface area contributed by atoms with Crippen molar-refractivity contribution in [3.05, 3.63) is 0 Å². The van der Waals surface area contributed by atoms with E-state index in [4.69, 9.17) is 0 Å². The van der Waals surface area contributed by atoms with Gasteiger partial charge >= 0.3 is 0 Å². The second-order valence-corrected chi connectivity index (χ2v) is 4.17. The zero-order chi connectivity index (χ0) is 8.54. The van der Waals surface area contributed by atoms with Gasteiger partial charge in [-0.1, -0.05) is 29.3 Å². The van der Waals surface area contributed by atoms with Gasteiger partial charge in [0.15, 0.2) is 0 Å². The van der Waals surface area contributed by atoms with E-state index in [1.165, 1.54) is 0 Å². The molecule has 3 heteroatoms. The number of hydrogen-bond donors (Lipinski definition) is 0. The summed E-state index contributed by atoms with van der Waals surface area (Å²) in [4.78, 5) is 0. The van der Waals surface area contributed by atoms with E-state index in [0.29, 0.717) is 18.2 Å². The van der Waals surface area contributed by atoms with Crippen molar-refractivity contribution in [1.29, 1.82) is 0 Å². The van der Waals surface area contributed by atoms with E-state index >= 15 is 0 Å². The Morgan fingerprint density at radius 3 is 2.18 bits per heavy atom. The molecule has 0 N–H and O–H groups in total. The number of halogens is 3. The highest BCUT2D eigenvalue weighted by molar-refractivity contribution is 9.09. The third-order valence-electron chi connectivity index (χ3n) is 2.65. The average Bonchev–Trinajstić information content (AvgIpc) is 1.95. The molecular weight excluding hydrogens is 214 g/mol. The summed E-state index contributed by atoms with van der Waals surface area (Å²) in [7, 11) is 0. The summed E-state index contributed by atoms with van der Waals surface area (Å²) >= 11 is 3.16. The van der Waals surface area contributed by atoms with Gasteiger partial charge in [-0.05, 0) is 12.8 Å². The predicted octanol–water partition coefficient (Wildman–Crippen LogP) is 3.60. The van der Waals surface area contributed by atoms with Gasteiger partial charge in [0.05, 0.1) is 0 Å². The summed E-state index contributed by atoms with van der Waals surface area (Å²) in [5.41, 5.74) is -0.800. The van der Waals surface area contributed by atoms with Crippen molar-refractivity contribution >= 4 is 15.9 Å². The summed E-state index contributed by atoms with van der Waals surface area (Å²) in [6.45, 7) is 1.67. The Balaban J connectivity index is 2.74. The fourth-order valence-electron chi connectivity index (χ4n) is 1.51. The molecular formula is C8H13BrF2. The second kappa shape index (κ2) is 3.00. The van der Waals surface area contributed by atoms with Crippen LogP contribution in [0.25, 0.3) is 0 Å². The zero-order valence-corrected chi connectivity index (χ0v) is 8.26. The summed E-state index contributed by atoms with van der Waals surface area (Å²) in [6, 6.07) is 0. The van der Waals surface area contributed by atoms with Crippen molar-refractivity contribution in [2.24, 2.45) is 5.41 Å². The molecule has 0 nitrogen and oxygen atoms in total. The van der Waals surface area contributed by atoms with Crippen molar-refractivity contribution in [2.45, 2.75) is 38.5 Å². The Hall–Kier alpha value is 0.340. The van der Waals surface area contributed by atoms with Crippen LogP contribution in [0.4, 0.5) is 8.78 Å². The maximum Gasteiger partial charge on any atom is 0.254 e. The Labute approximate surface area is 74.5 Å². The van der Waals surface area contributed by atoms with Gasteiger partial charge in [-0.2, -0.15) is 0 Å². The quantitative estimate of drug-likeness (QED) is 0.600. The van der Waals surface area contributed by atoms with Crippen LogP contribution in [0.2, 0.25) is 0 Å². The summed E-state index contributed by atoms with van der Waals surface area (Å²) < 4.78 is 26.4.